The van der Waals surface area contributed by atoms with Crippen molar-refractivity contribution in [3.05, 3.63) is 59.2 Å². The molecule has 5 nitrogen and oxygen atoms in total. The van der Waals surface area contributed by atoms with Crippen molar-refractivity contribution in [1.29, 1.82) is 0 Å². The lowest BCUT2D eigenvalue weighted by atomic mass is 9.85. The Morgan fingerprint density at radius 3 is 2.35 bits per heavy atom. The van der Waals surface area contributed by atoms with Crippen molar-refractivity contribution < 1.29 is 35.1 Å². The molecule has 0 N–H and O–H groups in total. The molecule has 0 bridgehead atoms. The summed E-state index contributed by atoms with van der Waals surface area (Å²) < 4.78 is 113. The molecule has 0 unspecified atom stereocenters. The van der Waals surface area contributed by atoms with Crippen LogP contribution in [0.15, 0.2) is 30.3 Å². The first kappa shape index (κ1) is 26.6. The molecule has 0 radical (unpaired) electrons. The van der Waals surface area contributed by atoms with Gasteiger partial charge in [-0.3, -0.25) is 4.40 Å². The van der Waals surface area contributed by atoms with Crippen LogP contribution in [0.5, 0.6) is 0 Å². The molecule has 0 saturated heterocycles. The van der Waals surface area contributed by atoms with E-state index < -0.39 is 59.6 Å². The van der Waals surface area contributed by atoms with Gasteiger partial charge in [-0.05, 0) is 55.7 Å². The maximum absolute atomic E-state index is 15.1. The summed E-state index contributed by atoms with van der Waals surface area (Å²) in [7, 11) is 0. The van der Waals surface area contributed by atoms with E-state index in [0.29, 0.717) is 0 Å². The molecule has 2 heterocycles. The van der Waals surface area contributed by atoms with Crippen molar-refractivity contribution in [2.75, 3.05) is 11.4 Å². The molecule has 0 aliphatic heterocycles. The summed E-state index contributed by atoms with van der Waals surface area (Å²) in [5.41, 5.74) is -2.18. The number of nitrogens with zero attached hydrogens (tertiary/aromatic N) is 5. The highest BCUT2D eigenvalue weighted by Crippen LogP contribution is 2.41. The molecule has 13 heteroatoms. The van der Waals surface area contributed by atoms with Crippen LogP contribution in [0.25, 0.3) is 16.7 Å². The fourth-order valence-electron chi connectivity index (χ4n) is 3.98. The van der Waals surface area contributed by atoms with Gasteiger partial charge in [0.25, 0.3) is 12.2 Å². The lowest BCUT2D eigenvalue weighted by Crippen LogP contribution is -2.32. The quantitative estimate of drug-likeness (QED) is 0.243. The first-order chi connectivity index (χ1) is 17.2. The van der Waals surface area contributed by atoms with Gasteiger partial charge < -0.3 is 4.90 Å². The lowest BCUT2D eigenvalue weighted by molar-refractivity contribution is -0.213. The Morgan fingerprint density at radius 2 is 1.70 bits per heavy atom. The summed E-state index contributed by atoms with van der Waals surface area (Å²) in [6.45, 7) is 2.43. The summed E-state index contributed by atoms with van der Waals surface area (Å²) in [5.74, 6) is -3.87. The molecule has 0 aliphatic carbocycles. The molecule has 0 spiro atoms. The van der Waals surface area contributed by atoms with Crippen LogP contribution in [-0.4, -0.2) is 38.7 Å². The van der Waals surface area contributed by atoms with Crippen molar-refractivity contribution in [3.8, 4) is 0 Å². The maximum Gasteiger partial charge on any atom is 0.393 e. The number of hydrogen-bond acceptors (Lipinski definition) is 4. The molecule has 2 aromatic heterocycles. The first-order valence-corrected chi connectivity index (χ1v) is 11.1. The van der Waals surface area contributed by atoms with E-state index in [1.165, 1.54) is 23.5 Å². The van der Waals surface area contributed by atoms with E-state index in [4.69, 9.17) is 0 Å². The molecule has 4 rings (SSSR count). The Labute approximate surface area is 205 Å². The second-order valence-electron chi connectivity index (χ2n) is 9.27. The zero-order valence-electron chi connectivity index (χ0n) is 19.8. The Kier molecular flexibility index (Phi) is 6.76. The topological polar surface area (TPSA) is 46.3 Å². The van der Waals surface area contributed by atoms with Crippen molar-refractivity contribution >= 4 is 28.2 Å². The third kappa shape index (κ3) is 5.03. The monoisotopic (exact) mass is 531 g/mol. The highest BCUT2D eigenvalue weighted by atomic mass is 19.4. The lowest BCUT2D eigenvalue weighted by Gasteiger charge is -2.28. The number of aromatic nitrogens is 4. The van der Waals surface area contributed by atoms with Crippen molar-refractivity contribution in [3.63, 3.8) is 0 Å². The van der Waals surface area contributed by atoms with Gasteiger partial charge in [-0.2, -0.15) is 18.2 Å². The van der Waals surface area contributed by atoms with Crippen LogP contribution in [-0.2, 0) is 6.42 Å². The molecule has 0 aliphatic rings. The number of aryl methyl sites for hydroxylation is 2. The van der Waals surface area contributed by atoms with Gasteiger partial charge in [0.15, 0.2) is 11.6 Å². The van der Waals surface area contributed by atoms with E-state index in [-0.39, 0.29) is 34.8 Å². The number of fused-ring (bicyclic) bond motifs is 3. The number of anilines is 2. The molecule has 0 atom stereocenters. The van der Waals surface area contributed by atoms with E-state index in [9.17, 15) is 30.7 Å². The summed E-state index contributed by atoms with van der Waals surface area (Å²) in [4.78, 5) is 4.93. The van der Waals surface area contributed by atoms with Gasteiger partial charge in [0, 0.05) is 5.69 Å². The van der Waals surface area contributed by atoms with Crippen LogP contribution in [0.2, 0.25) is 0 Å². The van der Waals surface area contributed by atoms with E-state index in [1.807, 2.05) is 0 Å². The molecular formula is C24H21F8N5. The van der Waals surface area contributed by atoms with Crippen molar-refractivity contribution in [2.45, 2.75) is 46.2 Å². The smallest absolute Gasteiger partial charge is 0.320 e. The van der Waals surface area contributed by atoms with E-state index in [2.05, 4.69) is 15.2 Å². The Hall–Kier alpha value is -3.51. The van der Waals surface area contributed by atoms with Crippen molar-refractivity contribution in [1.82, 2.24) is 19.6 Å². The molecule has 0 saturated carbocycles. The highest BCUT2D eigenvalue weighted by Gasteiger charge is 2.46. The fraction of sp³-hybridized carbons (Fsp3) is 0.375. The largest absolute Gasteiger partial charge is 0.393 e. The van der Waals surface area contributed by atoms with Crippen LogP contribution in [0.3, 0.4) is 0 Å². The standard InChI is InChI=1S/C24H21F8N5/c1-12-34-35-22-33-21(19-17(37(12)22)5-4-16(26)20(19)29)36(11-18(27)28)15-9-13(8-14(25)10-15)6-7-23(2,3)24(30,31)32/h4-5,8-10,18H,6-7,11H2,1-3H3. The SMILES string of the molecule is Cc1nnc2nc(N(CC(F)F)c3cc(F)cc(CCC(C)(C)C(F)(F)F)c3)c3c(F)c(F)ccc3n12. The third-order valence-electron chi connectivity index (χ3n) is 6.19. The Bertz CT molecular complexity index is 1460. The molecule has 0 amide bonds. The second-order valence-corrected chi connectivity index (χ2v) is 9.27. The number of hydrogen-bond donors (Lipinski definition) is 0. The summed E-state index contributed by atoms with van der Waals surface area (Å²) in [6, 6.07) is 5.14. The zero-order valence-corrected chi connectivity index (χ0v) is 19.8. The minimum atomic E-state index is -4.51. The van der Waals surface area contributed by atoms with Gasteiger partial charge in [0.1, 0.15) is 17.5 Å². The number of rotatable bonds is 7. The minimum Gasteiger partial charge on any atom is -0.320 e. The van der Waals surface area contributed by atoms with Gasteiger partial charge in [-0.15, -0.1) is 10.2 Å². The molecular weight excluding hydrogens is 510 g/mol. The number of halogens is 8. The predicted molar refractivity (Wildman–Crippen MR) is 121 cm³/mol. The van der Waals surface area contributed by atoms with Gasteiger partial charge in [0.05, 0.1) is 22.9 Å². The van der Waals surface area contributed by atoms with Crippen LogP contribution < -0.4 is 4.90 Å². The van der Waals surface area contributed by atoms with Crippen LogP contribution in [0.4, 0.5) is 46.6 Å². The summed E-state index contributed by atoms with van der Waals surface area (Å²) in [5, 5.41) is 7.21. The van der Waals surface area contributed by atoms with E-state index in [0.717, 1.165) is 36.9 Å². The summed E-state index contributed by atoms with van der Waals surface area (Å²) in [6.07, 6.45) is -8.17. The van der Waals surface area contributed by atoms with Gasteiger partial charge in [-0.1, -0.05) is 13.8 Å². The average molecular weight is 531 g/mol. The normalized spacial score (nSPS) is 12.8. The van der Waals surface area contributed by atoms with Crippen LogP contribution in [0, 0.1) is 29.8 Å². The van der Waals surface area contributed by atoms with Crippen LogP contribution in [0.1, 0.15) is 31.7 Å². The van der Waals surface area contributed by atoms with E-state index in [1.54, 1.807) is 0 Å². The van der Waals surface area contributed by atoms with Crippen molar-refractivity contribution in [2.24, 2.45) is 5.41 Å². The third-order valence-corrected chi connectivity index (χ3v) is 6.19. The van der Waals surface area contributed by atoms with Gasteiger partial charge in [0.2, 0.25) is 0 Å². The fourth-order valence-corrected chi connectivity index (χ4v) is 3.98. The Balaban J connectivity index is 1.89. The molecule has 2 aromatic carbocycles. The average Bonchev–Trinajstić information content (AvgIpc) is 3.17. The molecule has 37 heavy (non-hydrogen) atoms. The van der Waals surface area contributed by atoms with Gasteiger partial charge in [-0.25, -0.2) is 22.0 Å². The Morgan fingerprint density at radius 1 is 1.00 bits per heavy atom. The molecule has 198 valence electrons. The highest BCUT2D eigenvalue weighted by molar-refractivity contribution is 5.94. The van der Waals surface area contributed by atoms with Gasteiger partial charge >= 0.3 is 6.18 Å². The first-order valence-electron chi connectivity index (χ1n) is 11.1. The number of alkyl halides is 5. The maximum atomic E-state index is 15.1. The minimum absolute atomic E-state index is 0.0317. The number of benzene rings is 2. The van der Waals surface area contributed by atoms with E-state index >= 15 is 4.39 Å². The molecule has 4 aromatic rings. The predicted octanol–water partition coefficient (Wildman–Crippen LogP) is 6.93. The zero-order chi connectivity index (χ0) is 27.3. The molecule has 0 fully saturated rings. The van der Waals surface area contributed by atoms with Crippen LogP contribution >= 0.6 is 0 Å². The second kappa shape index (κ2) is 9.42. The summed E-state index contributed by atoms with van der Waals surface area (Å²) >= 11 is 0.